The largest absolute Gasteiger partial charge is 0.300 e. The summed E-state index contributed by atoms with van der Waals surface area (Å²) in [6.07, 6.45) is 35.0. The summed E-state index contributed by atoms with van der Waals surface area (Å²) >= 11 is 0. The second-order valence-electron chi connectivity index (χ2n) is 9.82. The summed E-state index contributed by atoms with van der Waals surface area (Å²) in [4.78, 5) is 11.7. The van der Waals surface area contributed by atoms with E-state index in [4.69, 9.17) is 0 Å². The van der Waals surface area contributed by atoms with Crippen molar-refractivity contribution in [1.82, 2.24) is 0 Å². The lowest BCUT2D eigenvalue weighted by Gasteiger charge is -2.04. The van der Waals surface area contributed by atoms with Gasteiger partial charge in [0.05, 0.1) is 0 Å². The highest BCUT2D eigenvalue weighted by atomic mass is 16.1. The Kier molecular flexibility index (Phi) is 26.4. The van der Waals surface area contributed by atoms with E-state index in [0.717, 1.165) is 25.7 Å². The lowest BCUT2D eigenvalue weighted by Crippen LogP contribution is -1.97. The summed E-state index contributed by atoms with van der Waals surface area (Å²) in [6, 6.07) is 0. The topological polar surface area (TPSA) is 17.1 Å². The Hall–Kier alpha value is -0.330. The van der Waals surface area contributed by atoms with Crippen LogP contribution in [0.2, 0.25) is 0 Å². The van der Waals surface area contributed by atoms with Crippen LogP contribution in [0.15, 0.2) is 0 Å². The van der Waals surface area contributed by atoms with Crippen LogP contribution < -0.4 is 0 Å². The van der Waals surface area contributed by atoms with Crippen LogP contribution in [0, 0.1) is 0 Å². The minimum Gasteiger partial charge on any atom is -0.300 e. The molecule has 0 amide bonds. The van der Waals surface area contributed by atoms with Crippen LogP contribution in [0.3, 0.4) is 0 Å². The lowest BCUT2D eigenvalue weighted by atomic mass is 10.0. The van der Waals surface area contributed by atoms with Gasteiger partial charge < -0.3 is 0 Å². The van der Waals surface area contributed by atoms with Gasteiger partial charge in [-0.3, -0.25) is 4.79 Å². The average molecular weight is 423 g/mol. The molecule has 0 saturated carbocycles. The second-order valence-corrected chi connectivity index (χ2v) is 9.82. The predicted octanol–water partition coefficient (Wildman–Crippen LogP) is 10.7. The van der Waals surface area contributed by atoms with Crippen molar-refractivity contribution in [3.05, 3.63) is 0 Å². The average Bonchev–Trinajstić information content (AvgIpc) is 2.75. The maximum atomic E-state index is 11.7. The number of hydrogen-bond acceptors (Lipinski definition) is 1. The molecule has 0 rings (SSSR count). The smallest absolute Gasteiger partial charge is 0.132 e. The zero-order valence-electron chi connectivity index (χ0n) is 21.3. The Morgan fingerprint density at radius 3 is 0.833 bits per heavy atom. The molecule has 0 unspecified atom stereocenters. The van der Waals surface area contributed by atoms with E-state index in [1.54, 1.807) is 0 Å². The van der Waals surface area contributed by atoms with E-state index in [1.807, 2.05) is 0 Å². The van der Waals surface area contributed by atoms with Gasteiger partial charge in [0.25, 0.3) is 0 Å². The summed E-state index contributed by atoms with van der Waals surface area (Å²) in [6.45, 7) is 4.49. The molecule has 0 heterocycles. The van der Waals surface area contributed by atoms with Gasteiger partial charge in [0, 0.05) is 12.8 Å². The second kappa shape index (κ2) is 26.7. The minimum absolute atomic E-state index is 0.501. The van der Waals surface area contributed by atoms with Gasteiger partial charge in [-0.2, -0.15) is 0 Å². The van der Waals surface area contributed by atoms with E-state index in [2.05, 4.69) is 13.8 Å². The molecule has 0 aromatic rings. The Labute approximate surface area is 191 Å². The van der Waals surface area contributed by atoms with Crippen LogP contribution in [0.1, 0.15) is 181 Å². The molecule has 180 valence electrons. The molecule has 30 heavy (non-hydrogen) atoms. The van der Waals surface area contributed by atoms with E-state index in [-0.39, 0.29) is 0 Å². The molecule has 0 fully saturated rings. The molecule has 0 atom stereocenters. The zero-order chi connectivity index (χ0) is 22.0. The first-order valence-electron chi connectivity index (χ1n) is 14.3. The van der Waals surface area contributed by atoms with E-state index in [9.17, 15) is 4.79 Å². The molecule has 1 heteroatoms. The van der Waals surface area contributed by atoms with Gasteiger partial charge >= 0.3 is 0 Å². The lowest BCUT2D eigenvalue weighted by molar-refractivity contribution is -0.119. The van der Waals surface area contributed by atoms with Crippen molar-refractivity contribution in [2.24, 2.45) is 0 Å². The molecule has 0 aromatic heterocycles. The highest BCUT2D eigenvalue weighted by molar-refractivity contribution is 5.78. The molecule has 0 N–H and O–H groups in total. The molecule has 0 radical (unpaired) electrons. The molecular formula is C29H58O. The summed E-state index contributed by atoms with van der Waals surface area (Å²) < 4.78 is 0. The van der Waals surface area contributed by atoms with Crippen LogP contribution in [-0.4, -0.2) is 5.78 Å². The summed E-state index contributed by atoms with van der Waals surface area (Å²) in [5.41, 5.74) is 0. The maximum absolute atomic E-state index is 11.7. The highest BCUT2D eigenvalue weighted by Crippen LogP contribution is 2.15. The maximum Gasteiger partial charge on any atom is 0.132 e. The minimum atomic E-state index is 0.501. The van der Waals surface area contributed by atoms with Crippen molar-refractivity contribution in [1.29, 1.82) is 0 Å². The number of carbonyl (C=O) groups is 1. The monoisotopic (exact) mass is 422 g/mol. The normalized spacial score (nSPS) is 11.3. The third kappa shape index (κ3) is 25.7. The van der Waals surface area contributed by atoms with Crippen LogP contribution in [-0.2, 0) is 4.79 Å². The van der Waals surface area contributed by atoms with E-state index in [1.165, 1.54) is 141 Å². The van der Waals surface area contributed by atoms with Gasteiger partial charge in [-0.25, -0.2) is 0 Å². The van der Waals surface area contributed by atoms with Gasteiger partial charge in [-0.05, 0) is 12.8 Å². The number of Topliss-reactive ketones (excluding diaryl/α,β-unsaturated/α-hetero) is 1. The molecule has 0 aromatic carbocycles. The van der Waals surface area contributed by atoms with Crippen molar-refractivity contribution < 1.29 is 4.79 Å². The fraction of sp³-hybridized carbons (Fsp3) is 0.966. The van der Waals surface area contributed by atoms with E-state index in [0.29, 0.717) is 5.78 Å². The molecule has 0 bridgehead atoms. The molecule has 0 saturated heterocycles. The molecule has 0 aliphatic rings. The standard InChI is InChI=1S/C29H58O/c1-3-5-7-8-9-10-11-12-13-14-15-16-17-18-19-20-21-22-23-24-26-28-29(30)27-25-6-4-2/h3-28H2,1-2H3. The first kappa shape index (κ1) is 29.7. The van der Waals surface area contributed by atoms with Gasteiger partial charge in [0.1, 0.15) is 5.78 Å². The van der Waals surface area contributed by atoms with Crippen molar-refractivity contribution >= 4 is 5.78 Å². The molecular weight excluding hydrogens is 364 g/mol. The van der Waals surface area contributed by atoms with Crippen molar-refractivity contribution in [3.8, 4) is 0 Å². The number of ketones is 1. The Morgan fingerprint density at radius 2 is 0.533 bits per heavy atom. The van der Waals surface area contributed by atoms with Crippen LogP contribution in [0.5, 0.6) is 0 Å². The zero-order valence-corrected chi connectivity index (χ0v) is 21.3. The fourth-order valence-electron chi connectivity index (χ4n) is 4.45. The first-order valence-corrected chi connectivity index (χ1v) is 14.3. The SMILES string of the molecule is CCCCCCCCCCCCCCCCCCCCCCCC(=O)CCCCC. The van der Waals surface area contributed by atoms with Crippen molar-refractivity contribution in [2.75, 3.05) is 0 Å². The van der Waals surface area contributed by atoms with Crippen LogP contribution >= 0.6 is 0 Å². The van der Waals surface area contributed by atoms with Crippen molar-refractivity contribution in [3.63, 3.8) is 0 Å². The van der Waals surface area contributed by atoms with Gasteiger partial charge in [0.2, 0.25) is 0 Å². The highest BCUT2D eigenvalue weighted by Gasteiger charge is 2.01. The Morgan fingerprint density at radius 1 is 0.333 bits per heavy atom. The summed E-state index contributed by atoms with van der Waals surface area (Å²) in [5.74, 6) is 0.501. The quantitative estimate of drug-likeness (QED) is 0.127. The van der Waals surface area contributed by atoms with Crippen LogP contribution in [0.25, 0.3) is 0 Å². The van der Waals surface area contributed by atoms with Gasteiger partial charge in [-0.1, -0.05) is 155 Å². The van der Waals surface area contributed by atoms with E-state index < -0.39 is 0 Å². The fourth-order valence-corrected chi connectivity index (χ4v) is 4.45. The molecule has 1 nitrogen and oxygen atoms in total. The number of carbonyl (C=O) groups excluding carboxylic acids is 1. The number of rotatable bonds is 26. The Balaban J connectivity index is 3.06. The number of hydrogen-bond donors (Lipinski definition) is 0. The predicted molar refractivity (Wildman–Crippen MR) is 136 cm³/mol. The molecule has 0 aliphatic carbocycles. The Bertz CT molecular complexity index is 322. The third-order valence-electron chi connectivity index (χ3n) is 6.62. The molecule has 0 aliphatic heterocycles. The third-order valence-corrected chi connectivity index (χ3v) is 6.62. The summed E-state index contributed by atoms with van der Waals surface area (Å²) in [7, 11) is 0. The van der Waals surface area contributed by atoms with Gasteiger partial charge in [0.15, 0.2) is 0 Å². The van der Waals surface area contributed by atoms with Crippen molar-refractivity contribution in [2.45, 2.75) is 181 Å². The van der Waals surface area contributed by atoms with E-state index >= 15 is 0 Å². The van der Waals surface area contributed by atoms with Gasteiger partial charge in [-0.15, -0.1) is 0 Å². The molecule has 0 spiro atoms. The summed E-state index contributed by atoms with van der Waals surface area (Å²) in [5, 5.41) is 0. The number of unbranched alkanes of at least 4 members (excludes halogenated alkanes) is 22. The van der Waals surface area contributed by atoms with Crippen LogP contribution in [0.4, 0.5) is 0 Å². The first-order chi connectivity index (χ1) is 14.8.